The van der Waals surface area contributed by atoms with Crippen LogP contribution in [0, 0.1) is 0 Å². The van der Waals surface area contributed by atoms with Crippen LogP contribution in [0.25, 0.3) is 0 Å². The number of carbonyl (C=O) groups is 1. The Morgan fingerprint density at radius 3 is 2.27 bits per heavy atom. The molecule has 0 fully saturated rings. The molecule has 0 aliphatic rings. The van der Waals surface area contributed by atoms with E-state index in [-0.39, 0.29) is 5.97 Å². The highest BCUT2D eigenvalue weighted by molar-refractivity contribution is 5.89. The molecule has 0 N–H and O–H groups in total. The molecule has 2 aromatic rings. The van der Waals surface area contributed by atoms with Gasteiger partial charge in [0.25, 0.3) is 0 Å². The summed E-state index contributed by atoms with van der Waals surface area (Å²) in [6, 6.07) is 19.0. The molecular formula is C19H20O3. The number of carbonyl (C=O) groups excluding carboxylic acids is 1. The lowest BCUT2D eigenvalue weighted by molar-refractivity contribution is -0.130. The van der Waals surface area contributed by atoms with Gasteiger partial charge in [0.15, 0.2) is 0 Å². The van der Waals surface area contributed by atoms with Crippen LogP contribution in [-0.4, -0.2) is 12.6 Å². The molecule has 0 spiro atoms. The van der Waals surface area contributed by atoms with Gasteiger partial charge in [0.2, 0.25) is 0 Å². The van der Waals surface area contributed by atoms with Gasteiger partial charge in [-0.05, 0) is 30.5 Å². The maximum atomic E-state index is 11.8. The minimum absolute atomic E-state index is 0.380. The summed E-state index contributed by atoms with van der Waals surface area (Å²) in [5.74, 6) is 0.156. The summed E-state index contributed by atoms with van der Waals surface area (Å²) in [5, 5.41) is 0. The second-order valence-corrected chi connectivity index (χ2v) is 4.95. The highest BCUT2D eigenvalue weighted by Crippen LogP contribution is 2.12. The average molecular weight is 296 g/mol. The number of benzene rings is 2. The smallest absolute Gasteiger partial charge is 0.338 e. The van der Waals surface area contributed by atoms with Gasteiger partial charge in [-0.2, -0.15) is 0 Å². The molecule has 0 saturated carbocycles. The summed E-state index contributed by atoms with van der Waals surface area (Å²) in [7, 11) is 0. The molecule has 0 bridgehead atoms. The minimum atomic E-state index is -0.380. The van der Waals surface area contributed by atoms with Crippen LogP contribution in [0.5, 0.6) is 5.75 Å². The van der Waals surface area contributed by atoms with Gasteiger partial charge in [0.1, 0.15) is 5.75 Å². The van der Waals surface area contributed by atoms with Crippen molar-refractivity contribution in [3.63, 3.8) is 0 Å². The van der Waals surface area contributed by atoms with E-state index in [1.807, 2.05) is 48.5 Å². The number of para-hydroxylation sites is 1. The van der Waals surface area contributed by atoms with Crippen molar-refractivity contribution in [1.29, 1.82) is 0 Å². The molecular weight excluding hydrogens is 276 g/mol. The highest BCUT2D eigenvalue weighted by atomic mass is 16.5. The number of esters is 1. The van der Waals surface area contributed by atoms with E-state index in [1.165, 1.54) is 0 Å². The first-order valence-electron chi connectivity index (χ1n) is 7.32. The van der Waals surface area contributed by atoms with Gasteiger partial charge < -0.3 is 9.47 Å². The summed E-state index contributed by atoms with van der Waals surface area (Å²) in [4.78, 5) is 11.8. The zero-order chi connectivity index (χ0) is 15.6. The van der Waals surface area contributed by atoms with Crippen LogP contribution in [0.3, 0.4) is 0 Å². The molecule has 0 amide bonds. The lowest BCUT2D eigenvalue weighted by Gasteiger charge is -2.07. The first-order valence-corrected chi connectivity index (χ1v) is 7.32. The van der Waals surface area contributed by atoms with E-state index in [2.05, 4.69) is 6.58 Å². The Hall–Kier alpha value is -2.39. The van der Waals surface area contributed by atoms with Crippen molar-refractivity contribution in [3.05, 3.63) is 78.4 Å². The van der Waals surface area contributed by atoms with E-state index in [0.29, 0.717) is 31.0 Å². The molecule has 0 aliphatic carbocycles. The van der Waals surface area contributed by atoms with Gasteiger partial charge in [-0.15, -0.1) is 0 Å². The van der Waals surface area contributed by atoms with Gasteiger partial charge in [0, 0.05) is 12.2 Å². The van der Waals surface area contributed by atoms with E-state index >= 15 is 0 Å². The molecule has 114 valence electrons. The molecule has 0 atom stereocenters. The largest absolute Gasteiger partial charge is 0.423 e. The third-order valence-electron chi connectivity index (χ3n) is 3.12. The Morgan fingerprint density at radius 1 is 0.955 bits per heavy atom. The number of ether oxygens (including phenoxy) is 2. The first kappa shape index (κ1) is 16.0. The number of hydrogen-bond donors (Lipinski definition) is 0. The highest BCUT2D eigenvalue weighted by Gasteiger charge is 2.09. The summed E-state index contributed by atoms with van der Waals surface area (Å²) in [6.45, 7) is 4.95. The molecule has 0 radical (unpaired) electrons. The minimum Gasteiger partial charge on any atom is -0.423 e. The van der Waals surface area contributed by atoms with Crippen LogP contribution >= 0.6 is 0 Å². The molecule has 22 heavy (non-hydrogen) atoms. The van der Waals surface area contributed by atoms with Crippen molar-refractivity contribution in [2.45, 2.75) is 19.4 Å². The number of hydrogen-bond acceptors (Lipinski definition) is 3. The Morgan fingerprint density at radius 2 is 1.59 bits per heavy atom. The van der Waals surface area contributed by atoms with Crippen LogP contribution in [0.4, 0.5) is 0 Å². The van der Waals surface area contributed by atoms with Crippen molar-refractivity contribution < 1.29 is 14.3 Å². The Kier molecular flexibility index (Phi) is 6.39. The predicted octanol–water partition coefficient (Wildman–Crippen LogP) is 4.15. The monoisotopic (exact) mass is 296 g/mol. The molecule has 2 rings (SSSR count). The van der Waals surface area contributed by atoms with Gasteiger partial charge in [-0.25, -0.2) is 4.79 Å². The van der Waals surface area contributed by atoms with Gasteiger partial charge in [0.05, 0.1) is 6.61 Å². The van der Waals surface area contributed by atoms with Crippen LogP contribution < -0.4 is 4.74 Å². The molecule has 0 aliphatic heterocycles. The fourth-order valence-corrected chi connectivity index (χ4v) is 1.92. The Bertz CT molecular complexity index is 591. The SMILES string of the molecule is C=C(CCCOCc1ccccc1)C(=O)Oc1ccccc1. The van der Waals surface area contributed by atoms with Crippen molar-refractivity contribution in [3.8, 4) is 5.75 Å². The molecule has 0 aromatic heterocycles. The van der Waals surface area contributed by atoms with Crippen molar-refractivity contribution >= 4 is 5.97 Å². The lowest BCUT2D eigenvalue weighted by Crippen LogP contribution is -2.11. The summed E-state index contributed by atoms with van der Waals surface area (Å²) >= 11 is 0. The van der Waals surface area contributed by atoms with E-state index < -0.39 is 0 Å². The zero-order valence-corrected chi connectivity index (χ0v) is 12.5. The normalized spacial score (nSPS) is 10.2. The molecule has 2 aromatic carbocycles. The topological polar surface area (TPSA) is 35.5 Å². The van der Waals surface area contributed by atoms with Crippen LogP contribution in [0.1, 0.15) is 18.4 Å². The molecule has 3 heteroatoms. The van der Waals surface area contributed by atoms with Crippen LogP contribution in [0.2, 0.25) is 0 Å². The van der Waals surface area contributed by atoms with Crippen molar-refractivity contribution in [2.75, 3.05) is 6.61 Å². The third kappa shape index (κ3) is 5.54. The molecule has 0 heterocycles. The van der Waals surface area contributed by atoms with E-state index in [0.717, 1.165) is 12.0 Å². The van der Waals surface area contributed by atoms with E-state index in [1.54, 1.807) is 12.1 Å². The van der Waals surface area contributed by atoms with Crippen molar-refractivity contribution in [1.82, 2.24) is 0 Å². The van der Waals surface area contributed by atoms with Crippen LogP contribution in [-0.2, 0) is 16.1 Å². The zero-order valence-electron chi connectivity index (χ0n) is 12.5. The van der Waals surface area contributed by atoms with Crippen molar-refractivity contribution in [2.24, 2.45) is 0 Å². The predicted molar refractivity (Wildman–Crippen MR) is 86.5 cm³/mol. The van der Waals surface area contributed by atoms with Gasteiger partial charge in [-0.1, -0.05) is 55.1 Å². The molecule has 0 saturated heterocycles. The fraction of sp³-hybridized carbons (Fsp3) is 0.211. The van der Waals surface area contributed by atoms with Gasteiger partial charge >= 0.3 is 5.97 Å². The average Bonchev–Trinajstić information content (AvgIpc) is 2.56. The molecule has 3 nitrogen and oxygen atoms in total. The summed E-state index contributed by atoms with van der Waals surface area (Å²) in [5.41, 5.74) is 1.61. The number of rotatable bonds is 8. The third-order valence-corrected chi connectivity index (χ3v) is 3.12. The second-order valence-electron chi connectivity index (χ2n) is 4.95. The lowest BCUT2D eigenvalue weighted by atomic mass is 10.2. The van der Waals surface area contributed by atoms with Gasteiger partial charge in [-0.3, -0.25) is 0 Å². The maximum absolute atomic E-state index is 11.8. The Labute approximate surface area is 131 Å². The quantitative estimate of drug-likeness (QED) is 0.318. The standard InChI is InChI=1S/C19H20O3/c1-16(19(20)22-18-12-6-3-7-13-18)9-8-14-21-15-17-10-4-2-5-11-17/h2-7,10-13H,1,8-9,14-15H2. The van der Waals surface area contributed by atoms with E-state index in [9.17, 15) is 4.79 Å². The molecule has 0 unspecified atom stereocenters. The Balaban J connectivity index is 1.62. The fourth-order valence-electron chi connectivity index (χ4n) is 1.92. The summed E-state index contributed by atoms with van der Waals surface area (Å²) < 4.78 is 10.8. The van der Waals surface area contributed by atoms with Crippen LogP contribution in [0.15, 0.2) is 72.8 Å². The van der Waals surface area contributed by atoms with E-state index in [4.69, 9.17) is 9.47 Å². The maximum Gasteiger partial charge on any atom is 0.338 e. The summed E-state index contributed by atoms with van der Waals surface area (Å²) in [6.07, 6.45) is 1.32. The first-order chi connectivity index (χ1) is 10.8. The second kappa shape index (κ2) is 8.80.